The highest BCUT2D eigenvalue weighted by molar-refractivity contribution is 5.76. The summed E-state index contributed by atoms with van der Waals surface area (Å²) in [5.74, 6) is 1.53. The van der Waals surface area contributed by atoms with Crippen LogP contribution in [-0.4, -0.2) is 9.55 Å². The van der Waals surface area contributed by atoms with Crippen molar-refractivity contribution >= 4 is 5.82 Å². The van der Waals surface area contributed by atoms with Crippen LogP contribution < -0.4 is 5.73 Å². The van der Waals surface area contributed by atoms with Crippen LogP contribution in [0.1, 0.15) is 24.7 Å². The third-order valence-electron chi connectivity index (χ3n) is 3.17. The first kappa shape index (κ1) is 13.9. The Hall–Kier alpha value is -2.54. The Bertz CT molecular complexity index is 662. The molecule has 1 aromatic heterocycles. The van der Waals surface area contributed by atoms with Crippen molar-refractivity contribution in [3.63, 3.8) is 0 Å². The summed E-state index contributed by atoms with van der Waals surface area (Å²) in [7, 11) is 0. The molecule has 0 atom stereocenters. The lowest BCUT2D eigenvalue weighted by Gasteiger charge is -2.06. The van der Waals surface area contributed by atoms with E-state index in [0.29, 0.717) is 23.6 Å². The summed E-state index contributed by atoms with van der Waals surface area (Å²) in [6.45, 7) is 6.49. The number of hydrogen-bond donors (Lipinski definition) is 1. The number of hydrogen-bond acceptors (Lipinski definition) is 3. The van der Waals surface area contributed by atoms with Crippen LogP contribution in [0.15, 0.2) is 36.9 Å². The van der Waals surface area contributed by atoms with Gasteiger partial charge in [0.05, 0.1) is 11.6 Å². The number of imidazole rings is 1. The summed E-state index contributed by atoms with van der Waals surface area (Å²) >= 11 is 0. The topological polar surface area (TPSA) is 67.6 Å². The fourth-order valence-electron chi connectivity index (χ4n) is 2.25. The molecule has 0 aliphatic carbocycles. The van der Waals surface area contributed by atoms with Gasteiger partial charge >= 0.3 is 0 Å². The molecule has 0 amide bonds. The number of nitrogen functional groups attached to an aromatic ring is 1. The minimum absolute atomic E-state index is 0.588. The Balaban J connectivity index is 2.60. The van der Waals surface area contributed by atoms with E-state index in [1.807, 2.05) is 22.8 Å². The third-order valence-corrected chi connectivity index (χ3v) is 3.17. The second-order valence-corrected chi connectivity index (χ2v) is 4.57. The molecule has 4 heteroatoms. The lowest BCUT2D eigenvalue weighted by Crippen LogP contribution is -2.05. The zero-order valence-electron chi connectivity index (χ0n) is 11.6. The van der Waals surface area contributed by atoms with Crippen LogP contribution in [0.25, 0.3) is 11.3 Å². The fraction of sp³-hybridized carbons (Fsp3) is 0.250. The minimum atomic E-state index is 0.588. The molecule has 2 rings (SSSR count). The molecule has 2 N–H and O–H groups in total. The zero-order valence-corrected chi connectivity index (χ0v) is 11.6. The number of nitriles is 1. The van der Waals surface area contributed by atoms with Gasteiger partial charge in [0.15, 0.2) is 0 Å². The number of anilines is 1. The largest absolute Gasteiger partial charge is 0.383 e. The van der Waals surface area contributed by atoms with E-state index in [2.05, 4.69) is 24.6 Å². The lowest BCUT2D eigenvalue weighted by molar-refractivity contribution is 0.724. The molecular weight excluding hydrogens is 248 g/mol. The van der Waals surface area contributed by atoms with Gasteiger partial charge in [0, 0.05) is 18.5 Å². The van der Waals surface area contributed by atoms with Crippen molar-refractivity contribution in [2.45, 2.75) is 26.3 Å². The number of nitrogens with zero attached hydrogens (tertiary/aromatic N) is 3. The third kappa shape index (κ3) is 2.43. The summed E-state index contributed by atoms with van der Waals surface area (Å²) in [5.41, 5.74) is 8.28. The van der Waals surface area contributed by atoms with Crippen LogP contribution >= 0.6 is 0 Å². The Morgan fingerprint density at radius 1 is 1.45 bits per heavy atom. The predicted molar refractivity (Wildman–Crippen MR) is 81.0 cm³/mol. The number of aromatic nitrogens is 2. The van der Waals surface area contributed by atoms with Crippen LogP contribution in [0, 0.1) is 11.3 Å². The van der Waals surface area contributed by atoms with Crippen molar-refractivity contribution in [3.8, 4) is 17.3 Å². The van der Waals surface area contributed by atoms with Crippen molar-refractivity contribution < 1.29 is 0 Å². The van der Waals surface area contributed by atoms with Gasteiger partial charge in [-0.05, 0) is 12.5 Å². The van der Waals surface area contributed by atoms with Gasteiger partial charge < -0.3 is 10.3 Å². The van der Waals surface area contributed by atoms with Crippen LogP contribution in [-0.2, 0) is 13.0 Å². The first-order valence-electron chi connectivity index (χ1n) is 6.68. The maximum absolute atomic E-state index is 9.21. The average Bonchev–Trinajstić information content (AvgIpc) is 2.77. The van der Waals surface area contributed by atoms with Crippen molar-refractivity contribution in [1.82, 2.24) is 9.55 Å². The van der Waals surface area contributed by atoms with E-state index in [1.54, 1.807) is 12.1 Å². The monoisotopic (exact) mass is 266 g/mol. The van der Waals surface area contributed by atoms with Gasteiger partial charge in [-0.1, -0.05) is 31.2 Å². The predicted octanol–water partition coefficient (Wildman–Crippen LogP) is 3.14. The normalized spacial score (nSPS) is 10.2. The highest BCUT2D eigenvalue weighted by atomic mass is 15.1. The molecule has 0 saturated carbocycles. The first-order valence-corrected chi connectivity index (χ1v) is 6.68. The Morgan fingerprint density at radius 3 is 2.85 bits per heavy atom. The first-order chi connectivity index (χ1) is 9.72. The number of rotatable bonds is 5. The van der Waals surface area contributed by atoms with Crippen LogP contribution in [0.5, 0.6) is 0 Å². The van der Waals surface area contributed by atoms with E-state index in [0.717, 1.165) is 24.2 Å². The molecule has 0 spiro atoms. The standard InChI is InChI=1S/C16H18N4/c1-3-7-14-19-15(16(18)20(14)10-4-2)13-9-6-5-8-12(13)11-17/h4-6,8-9H,2-3,7,10,18H2,1H3. The highest BCUT2D eigenvalue weighted by Crippen LogP contribution is 2.29. The zero-order chi connectivity index (χ0) is 14.5. The molecule has 4 nitrogen and oxygen atoms in total. The van der Waals surface area contributed by atoms with Gasteiger partial charge in [0.2, 0.25) is 0 Å². The number of nitrogens with two attached hydrogens (primary N) is 1. The molecule has 0 saturated heterocycles. The number of aryl methyl sites for hydroxylation is 1. The van der Waals surface area contributed by atoms with Crippen molar-refractivity contribution in [1.29, 1.82) is 5.26 Å². The molecular formula is C16H18N4. The Kier molecular flexibility index (Phi) is 4.21. The van der Waals surface area contributed by atoms with E-state index in [9.17, 15) is 5.26 Å². The molecule has 102 valence electrons. The smallest absolute Gasteiger partial charge is 0.132 e. The maximum atomic E-state index is 9.21. The number of benzene rings is 1. The van der Waals surface area contributed by atoms with Gasteiger partial charge in [-0.2, -0.15) is 5.26 Å². The summed E-state index contributed by atoms with van der Waals surface area (Å²) in [5, 5.41) is 9.21. The van der Waals surface area contributed by atoms with Crippen molar-refractivity contribution in [2.24, 2.45) is 0 Å². The highest BCUT2D eigenvalue weighted by Gasteiger charge is 2.17. The second kappa shape index (κ2) is 6.07. The average molecular weight is 266 g/mol. The van der Waals surface area contributed by atoms with E-state index >= 15 is 0 Å². The molecule has 0 fully saturated rings. The summed E-state index contributed by atoms with van der Waals surface area (Å²) in [6.07, 6.45) is 3.65. The van der Waals surface area contributed by atoms with Crippen LogP contribution in [0.3, 0.4) is 0 Å². The summed E-state index contributed by atoms with van der Waals surface area (Å²) in [4.78, 5) is 4.64. The van der Waals surface area contributed by atoms with E-state index in [-0.39, 0.29) is 0 Å². The van der Waals surface area contributed by atoms with E-state index in [4.69, 9.17) is 5.73 Å². The van der Waals surface area contributed by atoms with Gasteiger partial charge in [-0.15, -0.1) is 6.58 Å². The number of allylic oxidation sites excluding steroid dienone is 1. The van der Waals surface area contributed by atoms with E-state index < -0.39 is 0 Å². The Labute approximate surface area is 119 Å². The fourth-order valence-corrected chi connectivity index (χ4v) is 2.25. The second-order valence-electron chi connectivity index (χ2n) is 4.57. The molecule has 2 aromatic rings. The molecule has 0 unspecified atom stereocenters. The SMILES string of the molecule is C=CCn1c(CCC)nc(-c2ccccc2C#N)c1N. The maximum Gasteiger partial charge on any atom is 0.132 e. The lowest BCUT2D eigenvalue weighted by atomic mass is 10.1. The summed E-state index contributed by atoms with van der Waals surface area (Å²) in [6, 6.07) is 9.58. The van der Waals surface area contributed by atoms with Crippen LogP contribution in [0.2, 0.25) is 0 Å². The molecule has 0 radical (unpaired) electrons. The summed E-state index contributed by atoms with van der Waals surface area (Å²) < 4.78 is 1.96. The molecule has 0 bridgehead atoms. The Morgan fingerprint density at radius 2 is 2.20 bits per heavy atom. The minimum Gasteiger partial charge on any atom is -0.383 e. The molecule has 20 heavy (non-hydrogen) atoms. The van der Waals surface area contributed by atoms with Gasteiger partial charge in [0.1, 0.15) is 17.3 Å². The molecule has 0 aliphatic rings. The molecule has 1 aromatic carbocycles. The molecule has 0 aliphatic heterocycles. The van der Waals surface area contributed by atoms with Gasteiger partial charge in [-0.3, -0.25) is 0 Å². The quantitative estimate of drug-likeness (QED) is 0.845. The van der Waals surface area contributed by atoms with Crippen molar-refractivity contribution in [2.75, 3.05) is 5.73 Å². The van der Waals surface area contributed by atoms with Crippen LogP contribution in [0.4, 0.5) is 5.82 Å². The molecule has 1 heterocycles. The van der Waals surface area contributed by atoms with Gasteiger partial charge in [0.25, 0.3) is 0 Å². The van der Waals surface area contributed by atoms with Gasteiger partial charge in [-0.25, -0.2) is 4.98 Å². The van der Waals surface area contributed by atoms with E-state index in [1.165, 1.54) is 0 Å². The van der Waals surface area contributed by atoms with Crippen molar-refractivity contribution in [3.05, 3.63) is 48.3 Å².